The van der Waals surface area contributed by atoms with Gasteiger partial charge in [-0.1, -0.05) is 43.9 Å². The van der Waals surface area contributed by atoms with Crippen LogP contribution in [0, 0.1) is 11.3 Å². The molecule has 3 rings (SSSR count). The number of halogens is 4. The van der Waals surface area contributed by atoms with E-state index in [1.165, 1.54) is 30.4 Å². The number of benzene rings is 1. The summed E-state index contributed by atoms with van der Waals surface area (Å²) in [5.41, 5.74) is 0.263. The lowest BCUT2D eigenvalue weighted by Crippen LogP contribution is -2.44. The molecule has 0 spiro atoms. The molecule has 0 saturated heterocycles. The highest BCUT2D eigenvalue weighted by molar-refractivity contribution is 7.89. The monoisotopic (exact) mass is 552 g/mol. The van der Waals surface area contributed by atoms with Gasteiger partial charge in [0.2, 0.25) is 10.0 Å². The molecule has 1 aromatic heterocycles. The number of rotatable bonds is 10. The van der Waals surface area contributed by atoms with Gasteiger partial charge >= 0.3 is 12.1 Å². The summed E-state index contributed by atoms with van der Waals surface area (Å²) in [6.07, 6.45) is -0.974. The fourth-order valence-corrected chi connectivity index (χ4v) is 6.82. The van der Waals surface area contributed by atoms with Gasteiger partial charge in [-0.2, -0.15) is 17.9 Å². The van der Waals surface area contributed by atoms with Crippen molar-refractivity contribution in [3.05, 3.63) is 33.9 Å². The first-order valence-electron chi connectivity index (χ1n) is 11.2. The molecule has 6 nitrogen and oxygen atoms in total. The number of alkyl halides is 3. The third-order valence-electron chi connectivity index (χ3n) is 6.22. The van der Waals surface area contributed by atoms with Crippen molar-refractivity contribution in [2.75, 3.05) is 0 Å². The van der Waals surface area contributed by atoms with Crippen LogP contribution in [-0.2, 0) is 27.7 Å². The minimum Gasteiger partial charge on any atom is -0.481 e. The first-order valence-corrected chi connectivity index (χ1v) is 13.9. The number of carboxylic acid groups (broad SMARTS) is 1. The Morgan fingerprint density at radius 3 is 2.46 bits per heavy atom. The Bertz CT molecular complexity index is 1190. The van der Waals surface area contributed by atoms with E-state index in [4.69, 9.17) is 16.6 Å². The van der Waals surface area contributed by atoms with E-state index in [-0.39, 0.29) is 16.3 Å². The summed E-state index contributed by atoms with van der Waals surface area (Å²) >= 11 is 7.76. The Morgan fingerprint density at radius 1 is 1.31 bits per heavy atom. The SMILES string of the molecule is CC[C@H](NS(=O)(=O)c1ccc(-c2sc(CC(C)(C)C(=O)O)nc2CC2CCC2)c(Cl)c1)C(F)(F)F. The predicted octanol–water partition coefficient (Wildman–Crippen LogP) is 6.08. The summed E-state index contributed by atoms with van der Waals surface area (Å²) in [4.78, 5) is 16.6. The van der Waals surface area contributed by atoms with Gasteiger partial charge in [-0.05, 0) is 44.7 Å². The fraction of sp³-hybridized carbons (Fsp3) is 0.565. The maximum Gasteiger partial charge on any atom is 0.404 e. The zero-order valence-electron chi connectivity index (χ0n) is 19.6. The standard InChI is InChI=1S/C23H28ClF3N2O4S2/c1-4-18(23(25,26)27)29-35(32,33)14-8-9-15(16(24)11-14)20-17(10-13-6-5-7-13)28-19(34-20)12-22(2,3)21(30)31/h8-9,11,13,18,29H,4-7,10,12H2,1-3H3,(H,30,31)/t18-/m0/s1. The number of thiazole rings is 1. The lowest BCUT2D eigenvalue weighted by atomic mass is 9.82. The summed E-state index contributed by atoms with van der Waals surface area (Å²) in [6, 6.07) is 1.62. The van der Waals surface area contributed by atoms with Crippen LogP contribution in [0.1, 0.15) is 57.2 Å². The Balaban J connectivity index is 1.96. The molecule has 1 aliphatic carbocycles. The molecule has 2 N–H and O–H groups in total. The van der Waals surface area contributed by atoms with E-state index < -0.39 is 40.0 Å². The average molecular weight is 553 g/mol. The second kappa shape index (κ2) is 10.4. The van der Waals surface area contributed by atoms with E-state index in [2.05, 4.69) is 0 Å². The van der Waals surface area contributed by atoms with Gasteiger partial charge < -0.3 is 5.11 Å². The Hall–Kier alpha value is -1.69. The van der Waals surface area contributed by atoms with Crippen molar-refractivity contribution in [3.8, 4) is 10.4 Å². The van der Waals surface area contributed by atoms with E-state index in [9.17, 15) is 31.5 Å². The predicted molar refractivity (Wildman–Crippen MR) is 129 cm³/mol. The van der Waals surface area contributed by atoms with Crippen molar-refractivity contribution < 1.29 is 31.5 Å². The van der Waals surface area contributed by atoms with Gasteiger partial charge in [0.1, 0.15) is 6.04 Å². The van der Waals surface area contributed by atoms with Gasteiger partial charge in [-0.3, -0.25) is 4.79 Å². The number of nitrogens with zero attached hydrogens (tertiary/aromatic N) is 1. The number of aromatic nitrogens is 1. The molecule has 1 fully saturated rings. The number of nitrogens with one attached hydrogen (secondary N) is 1. The molecule has 1 aromatic carbocycles. The third kappa shape index (κ3) is 6.55. The highest BCUT2D eigenvalue weighted by atomic mass is 35.5. The van der Waals surface area contributed by atoms with Gasteiger partial charge in [0.05, 0.1) is 30.9 Å². The van der Waals surface area contributed by atoms with Gasteiger partial charge in [-0.25, -0.2) is 13.4 Å². The number of carboxylic acids is 1. The first-order chi connectivity index (χ1) is 16.1. The second-order valence-electron chi connectivity index (χ2n) is 9.52. The molecule has 1 atom stereocenters. The Kier molecular flexibility index (Phi) is 8.25. The zero-order chi connectivity index (χ0) is 26.2. The molecule has 1 heterocycles. The molecule has 2 aromatic rings. The van der Waals surface area contributed by atoms with Gasteiger partial charge in [0.15, 0.2) is 0 Å². The molecule has 35 heavy (non-hydrogen) atoms. The lowest BCUT2D eigenvalue weighted by Gasteiger charge is -2.24. The van der Waals surface area contributed by atoms with E-state index in [1.807, 2.05) is 0 Å². The van der Waals surface area contributed by atoms with Crippen molar-refractivity contribution in [2.24, 2.45) is 11.3 Å². The van der Waals surface area contributed by atoms with E-state index in [0.29, 0.717) is 22.9 Å². The van der Waals surface area contributed by atoms with Gasteiger partial charge in [0.25, 0.3) is 0 Å². The normalized spacial score (nSPS) is 16.2. The first kappa shape index (κ1) is 27.9. The van der Waals surface area contributed by atoms with E-state index in [0.717, 1.165) is 35.9 Å². The topological polar surface area (TPSA) is 96.4 Å². The molecule has 194 valence electrons. The maximum absolute atomic E-state index is 13.1. The maximum atomic E-state index is 13.1. The molecular weight excluding hydrogens is 525 g/mol. The average Bonchev–Trinajstić information content (AvgIpc) is 3.09. The molecule has 0 bridgehead atoms. The van der Waals surface area contributed by atoms with Crippen molar-refractivity contribution in [3.63, 3.8) is 0 Å². The molecule has 1 saturated carbocycles. The van der Waals surface area contributed by atoms with Crippen LogP contribution in [0.15, 0.2) is 23.1 Å². The number of carbonyl (C=O) groups is 1. The van der Waals surface area contributed by atoms with E-state index >= 15 is 0 Å². The van der Waals surface area contributed by atoms with Crippen LogP contribution in [0.4, 0.5) is 13.2 Å². The van der Waals surface area contributed by atoms with Crippen LogP contribution in [0.5, 0.6) is 0 Å². The van der Waals surface area contributed by atoms with Crippen molar-refractivity contribution in [1.82, 2.24) is 9.71 Å². The minimum absolute atomic E-state index is 0.0653. The molecule has 0 radical (unpaired) electrons. The Labute approximate surface area is 212 Å². The van der Waals surface area contributed by atoms with Crippen molar-refractivity contribution >= 4 is 38.9 Å². The number of hydrogen-bond acceptors (Lipinski definition) is 5. The summed E-state index contributed by atoms with van der Waals surface area (Å²) in [5.74, 6) is -0.480. The summed E-state index contributed by atoms with van der Waals surface area (Å²) in [7, 11) is -4.46. The van der Waals surface area contributed by atoms with Crippen LogP contribution >= 0.6 is 22.9 Å². The fourth-order valence-electron chi connectivity index (χ4n) is 3.73. The van der Waals surface area contributed by atoms with Crippen LogP contribution in [0.3, 0.4) is 0 Å². The quantitative estimate of drug-likeness (QED) is 0.372. The summed E-state index contributed by atoms with van der Waals surface area (Å²) < 4.78 is 66.2. The number of sulfonamides is 1. The molecule has 0 amide bonds. The van der Waals surface area contributed by atoms with Gasteiger partial charge in [0, 0.05) is 12.0 Å². The molecule has 0 unspecified atom stereocenters. The third-order valence-corrected chi connectivity index (χ3v) is 9.13. The molecule has 1 aliphatic rings. The van der Waals surface area contributed by atoms with Crippen LogP contribution in [-0.4, -0.2) is 36.7 Å². The van der Waals surface area contributed by atoms with Crippen molar-refractivity contribution in [1.29, 1.82) is 0 Å². The van der Waals surface area contributed by atoms with Crippen LogP contribution < -0.4 is 4.72 Å². The molecular formula is C23H28ClF3N2O4S2. The molecule has 0 aliphatic heterocycles. The highest BCUT2D eigenvalue weighted by Crippen LogP contribution is 2.41. The number of aliphatic carboxylic acids is 1. The smallest absolute Gasteiger partial charge is 0.404 e. The largest absolute Gasteiger partial charge is 0.481 e. The van der Waals surface area contributed by atoms with Gasteiger partial charge in [-0.15, -0.1) is 11.3 Å². The minimum atomic E-state index is -4.72. The molecule has 12 heteroatoms. The number of hydrogen-bond donors (Lipinski definition) is 2. The zero-order valence-corrected chi connectivity index (χ0v) is 22.0. The van der Waals surface area contributed by atoms with Crippen LogP contribution in [0.2, 0.25) is 5.02 Å². The summed E-state index contributed by atoms with van der Waals surface area (Å²) in [6.45, 7) is 4.48. The second-order valence-corrected chi connectivity index (χ2v) is 12.7. The van der Waals surface area contributed by atoms with Crippen LogP contribution in [0.25, 0.3) is 10.4 Å². The van der Waals surface area contributed by atoms with E-state index in [1.54, 1.807) is 18.6 Å². The Morgan fingerprint density at radius 2 is 1.97 bits per heavy atom. The lowest BCUT2D eigenvalue weighted by molar-refractivity contribution is -0.151. The highest BCUT2D eigenvalue weighted by Gasteiger charge is 2.41. The van der Waals surface area contributed by atoms with Crippen molar-refractivity contribution in [2.45, 2.75) is 76.4 Å². The summed E-state index contributed by atoms with van der Waals surface area (Å²) in [5, 5.41) is 10.2.